The van der Waals surface area contributed by atoms with Crippen LogP contribution in [-0.2, 0) is 11.2 Å². The Hall–Kier alpha value is -2.86. The molecule has 4 rings (SSSR count). The SMILES string of the molecule is COc1ccc(CC(=O)N2CCC[C@H]2c2nc(-c3ccc(C)cc3)no2)cc1Cl. The van der Waals surface area contributed by atoms with Crippen molar-refractivity contribution in [2.75, 3.05) is 13.7 Å². The summed E-state index contributed by atoms with van der Waals surface area (Å²) in [6, 6.07) is 13.2. The number of ether oxygens (including phenoxy) is 1. The highest BCUT2D eigenvalue weighted by atomic mass is 35.5. The number of aryl methyl sites for hydroxylation is 1. The molecule has 1 aliphatic rings. The van der Waals surface area contributed by atoms with E-state index in [1.165, 1.54) is 5.56 Å². The number of halogens is 1. The van der Waals surface area contributed by atoms with Gasteiger partial charge in [0.05, 0.1) is 18.6 Å². The fraction of sp³-hybridized carbons (Fsp3) is 0.318. The molecule has 1 aromatic heterocycles. The van der Waals surface area contributed by atoms with E-state index in [0.29, 0.717) is 29.0 Å². The van der Waals surface area contributed by atoms with Gasteiger partial charge < -0.3 is 14.2 Å². The summed E-state index contributed by atoms with van der Waals surface area (Å²) in [7, 11) is 1.57. The highest BCUT2D eigenvalue weighted by molar-refractivity contribution is 6.32. The maximum atomic E-state index is 12.9. The summed E-state index contributed by atoms with van der Waals surface area (Å²) in [5, 5.41) is 4.61. The lowest BCUT2D eigenvalue weighted by Gasteiger charge is -2.22. The first-order chi connectivity index (χ1) is 14.0. The Morgan fingerprint density at radius 3 is 2.79 bits per heavy atom. The summed E-state index contributed by atoms with van der Waals surface area (Å²) in [6.07, 6.45) is 1.98. The van der Waals surface area contributed by atoms with Gasteiger partial charge in [0.2, 0.25) is 17.6 Å². The zero-order chi connectivity index (χ0) is 20.4. The maximum absolute atomic E-state index is 12.9. The average Bonchev–Trinajstić information content (AvgIpc) is 3.38. The molecule has 2 aromatic carbocycles. The fourth-order valence-corrected chi connectivity index (χ4v) is 3.89. The second-order valence-corrected chi connectivity index (χ2v) is 7.62. The van der Waals surface area contributed by atoms with E-state index in [2.05, 4.69) is 10.1 Å². The van der Waals surface area contributed by atoms with E-state index in [-0.39, 0.29) is 18.4 Å². The van der Waals surface area contributed by atoms with Gasteiger partial charge in [0.1, 0.15) is 11.8 Å². The standard InChI is InChI=1S/C22H22ClN3O3/c1-14-5-8-16(9-6-14)21-24-22(29-25-21)18-4-3-11-26(18)20(27)13-15-7-10-19(28-2)17(23)12-15/h5-10,12,18H,3-4,11,13H2,1-2H3/t18-/m0/s1. The van der Waals surface area contributed by atoms with Gasteiger partial charge in [-0.25, -0.2) is 0 Å². The van der Waals surface area contributed by atoms with Gasteiger partial charge in [-0.2, -0.15) is 4.98 Å². The molecular formula is C22H22ClN3O3. The number of nitrogens with zero attached hydrogens (tertiary/aromatic N) is 3. The van der Waals surface area contributed by atoms with Crippen LogP contribution in [0.4, 0.5) is 0 Å². The van der Waals surface area contributed by atoms with Crippen molar-refractivity contribution in [3.05, 3.63) is 64.5 Å². The first kappa shape index (κ1) is 19.5. The van der Waals surface area contributed by atoms with Crippen LogP contribution in [0.5, 0.6) is 5.75 Å². The van der Waals surface area contributed by atoms with Crippen molar-refractivity contribution in [3.63, 3.8) is 0 Å². The van der Waals surface area contributed by atoms with Gasteiger partial charge in [-0.1, -0.05) is 52.7 Å². The molecule has 1 atom stereocenters. The molecule has 6 nitrogen and oxygen atoms in total. The highest BCUT2D eigenvalue weighted by Gasteiger charge is 2.34. The summed E-state index contributed by atoms with van der Waals surface area (Å²) in [5.74, 6) is 1.64. The molecule has 0 spiro atoms. The molecule has 2 heterocycles. The lowest BCUT2D eigenvalue weighted by atomic mass is 10.1. The maximum Gasteiger partial charge on any atom is 0.249 e. The minimum atomic E-state index is -0.192. The summed E-state index contributed by atoms with van der Waals surface area (Å²) >= 11 is 6.18. The number of amides is 1. The first-order valence-corrected chi connectivity index (χ1v) is 9.95. The molecule has 0 radical (unpaired) electrons. The van der Waals surface area contributed by atoms with Gasteiger partial charge in [-0.05, 0) is 37.5 Å². The minimum absolute atomic E-state index is 0.0174. The molecule has 3 aromatic rings. The van der Waals surface area contributed by atoms with Crippen LogP contribution in [0.3, 0.4) is 0 Å². The molecule has 0 saturated carbocycles. The Morgan fingerprint density at radius 2 is 2.07 bits per heavy atom. The molecule has 29 heavy (non-hydrogen) atoms. The zero-order valence-electron chi connectivity index (χ0n) is 16.4. The third kappa shape index (κ3) is 4.12. The quantitative estimate of drug-likeness (QED) is 0.613. The van der Waals surface area contributed by atoms with Crippen LogP contribution in [-0.4, -0.2) is 34.6 Å². The number of hydrogen-bond acceptors (Lipinski definition) is 5. The van der Waals surface area contributed by atoms with E-state index in [1.807, 2.05) is 42.2 Å². The van der Waals surface area contributed by atoms with Crippen molar-refractivity contribution in [3.8, 4) is 17.1 Å². The van der Waals surface area contributed by atoms with E-state index in [1.54, 1.807) is 19.2 Å². The second-order valence-electron chi connectivity index (χ2n) is 7.21. The lowest BCUT2D eigenvalue weighted by molar-refractivity contribution is -0.131. The normalized spacial score (nSPS) is 16.2. The molecule has 1 fully saturated rings. The molecule has 0 bridgehead atoms. The van der Waals surface area contributed by atoms with Crippen molar-refractivity contribution < 1.29 is 14.1 Å². The van der Waals surface area contributed by atoms with E-state index in [4.69, 9.17) is 20.9 Å². The molecule has 1 amide bonds. The molecule has 0 N–H and O–H groups in total. The van der Waals surface area contributed by atoms with Crippen LogP contribution in [0.2, 0.25) is 5.02 Å². The average molecular weight is 412 g/mol. The smallest absolute Gasteiger partial charge is 0.249 e. The summed E-state index contributed by atoms with van der Waals surface area (Å²) in [5.41, 5.74) is 2.91. The van der Waals surface area contributed by atoms with Crippen LogP contribution in [0.15, 0.2) is 47.0 Å². The number of benzene rings is 2. The van der Waals surface area contributed by atoms with Crippen molar-refractivity contribution in [1.29, 1.82) is 0 Å². The number of methoxy groups -OCH3 is 1. The largest absolute Gasteiger partial charge is 0.495 e. The van der Waals surface area contributed by atoms with Gasteiger partial charge in [0.25, 0.3) is 0 Å². The number of aromatic nitrogens is 2. The Labute approximate surface area is 174 Å². The molecule has 150 valence electrons. The first-order valence-electron chi connectivity index (χ1n) is 9.57. The van der Waals surface area contributed by atoms with Crippen LogP contribution >= 0.6 is 11.6 Å². The van der Waals surface area contributed by atoms with Crippen LogP contribution < -0.4 is 4.74 Å². The van der Waals surface area contributed by atoms with Crippen LogP contribution in [0.1, 0.15) is 35.9 Å². The molecule has 0 aliphatic carbocycles. The summed E-state index contributed by atoms with van der Waals surface area (Å²) in [4.78, 5) is 19.3. The van der Waals surface area contributed by atoms with E-state index >= 15 is 0 Å². The number of carbonyl (C=O) groups excluding carboxylic acids is 1. The third-order valence-corrected chi connectivity index (χ3v) is 5.48. The Balaban J connectivity index is 1.49. The monoisotopic (exact) mass is 411 g/mol. The van der Waals surface area contributed by atoms with Crippen molar-refractivity contribution >= 4 is 17.5 Å². The van der Waals surface area contributed by atoms with E-state index < -0.39 is 0 Å². The highest BCUT2D eigenvalue weighted by Crippen LogP contribution is 2.33. The van der Waals surface area contributed by atoms with Gasteiger partial charge in [0, 0.05) is 12.1 Å². The number of carbonyl (C=O) groups is 1. The molecular weight excluding hydrogens is 390 g/mol. The number of rotatable bonds is 5. The number of hydrogen-bond donors (Lipinski definition) is 0. The van der Waals surface area contributed by atoms with Crippen molar-refractivity contribution in [2.24, 2.45) is 0 Å². The molecule has 1 saturated heterocycles. The van der Waals surface area contributed by atoms with Crippen molar-refractivity contribution in [1.82, 2.24) is 15.0 Å². The second kappa shape index (κ2) is 8.25. The zero-order valence-corrected chi connectivity index (χ0v) is 17.1. The Kier molecular flexibility index (Phi) is 5.53. The van der Waals surface area contributed by atoms with Crippen LogP contribution in [0.25, 0.3) is 11.4 Å². The molecule has 1 aliphatic heterocycles. The third-order valence-electron chi connectivity index (χ3n) is 5.18. The summed E-state index contributed by atoms with van der Waals surface area (Å²) in [6.45, 7) is 2.71. The van der Waals surface area contributed by atoms with Gasteiger partial charge in [-0.3, -0.25) is 4.79 Å². The molecule has 0 unspecified atom stereocenters. The molecule has 7 heteroatoms. The van der Waals surface area contributed by atoms with Gasteiger partial charge in [-0.15, -0.1) is 0 Å². The number of likely N-dealkylation sites (tertiary alicyclic amines) is 1. The van der Waals surface area contributed by atoms with Gasteiger partial charge in [0.15, 0.2) is 0 Å². The minimum Gasteiger partial charge on any atom is -0.495 e. The lowest BCUT2D eigenvalue weighted by Crippen LogP contribution is -2.32. The topological polar surface area (TPSA) is 68.5 Å². The van der Waals surface area contributed by atoms with E-state index in [9.17, 15) is 4.79 Å². The van der Waals surface area contributed by atoms with E-state index in [0.717, 1.165) is 24.0 Å². The predicted octanol–water partition coefficient (Wildman–Crippen LogP) is 4.61. The Morgan fingerprint density at radius 1 is 1.28 bits per heavy atom. The fourth-order valence-electron chi connectivity index (χ4n) is 3.61. The predicted molar refractivity (Wildman–Crippen MR) is 110 cm³/mol. The Bertz CT molecular complexity index is 1020. The van der Waals surface area contributed by atoms with Gasteiger partial charge >= 0.3 is 0 Å². The summed E-state index contributed by atoms with van der Waals surface area (Å²) < 4.78 is 10.7. The van der Waals surface area contributed by atoms with Crippen molar-refractivity contribution in [2.45, 2.75) is 32.2 Å². The van der Waals surface area contributed by atoms with Crippen LogP contribution in [0, 0.1) is 6.92 Å².